The van der Waals surface area contributed by atoms with Crippen molar-refractivity contribution in [2.45, 2.75) is 13.8 Å². The number of hydrogen-bond donors (Lipinski definition) is 2. The summed E-state index contributed by atoms with van der Waals surface area (Å²) >= 11 is 7.08. The molecule has 0 bridgehead atoms. The van der Waals surface area contributed by atoms with E-state index < -0.39 is 17.6 Å². The van der Waals surface area contributed by atoms with E-state index >= 15 is 0 Å². The predicted molar refractivity (Wildman–Crippen MR) is 130 cm³/mol. The van der Waals surface area contributed by atoms with Gasteiger partial charge in [0, 0.05) is 21.5 Å². The van der Waals surface area contributed by atoms with Gasteiger partial charge in [-0.3, -0.25) is 10.1 Å². The quantitative estimate of drug-likeness (QED) is 0.379. The zero-order chi connectivity index (χ0) is 23.5. The second-order valence-corrected chi connectivity index (χ2v) is 8.38. The SMILES string of the molecule is CCOC(=O)c1nn(-c2ccc(Cl)cc2)c(=O)c2c(NC(=O)Nc3cccc(C)c3)scc12. The van der Waals surface area contributed by atoms with E-state index in [2.05, 4.69) is 15.7 Å². The van der Waals surface area contributed by atoms with Crippen LogP contribution in [0.15, 0.2) is 58.7 Å². The van der Waals surface area contributed by atoms with Gasteiger partial charge in [0.1, 0.15) is 5.00 Å². The van der Waals surface area contributed by atoms with E-state index in [4.69, 9.17) is 16.3 Å². The average Bonchev–Trinajstić information content (AvgIpc) is 3.19. The molecule has 0 spiro atoms. The third-order valence-corrected chi connectivity index (χ3v) is 5.84. The molecule has 0 aliphatic heterocycles. The van der Waals surface area contributed by atoms with Crippen LogP contribution in [-0.4, -0.2) is 28.4 Å². The molecular formula is C23H19ClN4O4S. The van der Waals surface area contributed by atoms with Crippen molar-refractivity contribution < 1.29 is 14.3 Å². The number of urea groups is 1. The molecule has 2 aromatic carbocycles. The zero-order valence-electron chi connectivity index (χ0n) is 17.7. The molecule has 0 radical (unpaired) electrons. The first-order chi connectivity index (χ1) is 15.9. The van der Waals surface area contributed by atoms with Crippen LogP contribution in [-0.2, 0) is 4.74 Å². The van der Waals surface area contributed by atoms with Gasteiger partial charge in [-0.2, -0.15) is 9.78 Å². The van der Waals surface area contributed by atoms with Crippen molar-refractivity contribution in [2.24, 2.45) is 0 Å². The maximum Gasteiger partial charge on any atom is 0.359 e. The van der Waals surface area contributed by atoms with Crippen LogP contribution in [0, 0.1) is 6.92 Å². The number of aryl methyl sites for hydroxylation is 1. The van der Waals surface area contributed by atoms with Gasteiger partial charge in [-0.15, -0.1) is 11.3 Å². The Morgan fingerprint density at radius 2 is 1.91 bits per heavy atom. The molecule has 0 fully saturated rings. The van der Waals surface area contributed by atoms with Crippen molar-refractivity contribution in [3.8, 4) is 5.69 Å². The number of nitrogens with zero attached hydrogens (tertiary/aromatic N) is 2. The first-order valence-electron chi connectivity index (χ1n) is 9.99. The summed E-state index contributed by atoms with van der Waals surface area (Å²) in [5, 5.41) is 12.6. The molecular weight excluding hydrogens is 464 g/mol. The van der Waals surface area contributed by atoms with Crippen LogP contribution < -0.4 is 16.2 Å². The number of thiophene rings is 1. The summed E-state index contributed by atoms with van der Waals surface area (Å²) in [6.07, 6.45) is 0. The van der Waals surface area contributed by atoms with Gasteiger partial charge < -0.3 is 10.1 Å². The van der Waals surface area contributed by atoms with Crippen LogP contribution in [0.4, 0.5) is 15.5 Å². The van der Waals surface area contributed by atoms with Gasteiger partial charge in [0.15, 0.2) is 5.69 Å². The van der Waals surface area contributed by atoms with E-state index in [0.29, 0.717) is 21.8 Å². The molecule has 2 amide bonds. The maximum absolute atomic E-state index is 13.4. The summed E-state index contributed by atoms with van der Waals surface area (Å²) in [6.45, 7) is 3.75. The number of benzene rings is 2. The number of carbonyl (C=O) groups is 2. The highest BCUT2D eigenvalue weighted by Crippen LogP contribution is 2.31. The average molecular weight is 483 g/mol. The topological polar surface area (TPSA) is 102 Å². The first kappa shape index (κ1) is 22.5. The first-order valence-corrected chi connectivity index (χ1v) is 11.3. The Morgan fingerprint density at radius 1 is 1.15 bits per heavy atom. The molecule has 33 heavy (non-hydrogen) atoms. The molecule has 0 saturated heterocycles. The molecule has 168 valence electrons. The second-order valence-electron chi connectivity index (χ2n) is 7.06. The number of fused-ring (bicyclic) bond motifs is 1. The Hall–Kier alpha value is -3.69. The van der Waals surface area contributed by atoms with Crippen molar-refractivity contribution in [1.29, 1.82) is 0 Å². The van der Waals surface area contributed by atoms with Gasteiger partial charge in [-0.1, -0.05) is 23.7 Å². The van der Waals surface area contributed by atoms with E-state index in [0.717, 1.165) is 21.6 Å². The zero-order valence-corrected chi connectivity index (χ0v) is 19.3. The van der Waals surface area contributed by atoms with Crippen molar-refractivity contribution in [2.75, 3.05) is 17.2 Å². The second kappa shape index (κ2) is 9.43. The van der Waals surface area contributed by atoms with Crippen molar-refractivity contribution >= 4 is 56.4 Å². The summed E-state index contributed by atoms with van der Waals surface area (Å²) < 4.78 is 6.23. The fourth-order valence-corrected chi connectivity index (χ4v) is 4.30. The summed E-state index contributed by atoms with van der Waals surface area (Å²) in [5.74, 6) is -0.668. The number of hydrogen-bond acceptors (Lipinski definition) is 6. The van der Waals surface area contributed by atoms with Crippen LogP contribution in [0.25, 0.3) is 16.5 Å². The fourth-order valence-electron chi connectivity index (χ4n) is 3.24. The number of amides is 2. The van der Waals surface area contributed by atoms with Gasteiger partial charge in [-0.25, -0.2) is 9.59 Å². The molecule has 2 aromatic heterocycles. The summed E-state index contributed by atoms with van der Waals surface area (Å²) in [5.41, 5.74) is 1.50. The Balaban J connectivity index is 1.79. The number of esters is 1. The maximum atomic E-state index is 13.4. The number of carbonyl (C=O) groups excluding carboxylic acids is 2. The highest BCUT2D eigenvalue weighted by Gasteiger charge is 2.23. The van der Waals surface area contributed by atoms with Gasteiger partial charge in [0.2, 0.25) is 0 Å². The number of anilines is 2. The fraction of sp³-hybridized carbons (Fsp3) is 0.130. The smallest absolute Gasteiger partial charge is 0.359 e. The molecule has 2 N–H and O–H groups in total. The molecule has 2 heterocycles. The van der Waals surface area contributed by atoms with Crippen LogP contribution in [0.5, 0.6) is 0 Å². The lowest BCUT2D eigenvalue weighted by Gasteiger charge is -2.10. The van der Waals surface area contributed by atoms with E-state index in [1.54, 1.807) is 42.6 Å². The highest BCUT2D eigenvalue weighted by molar-refractivity contribution is 7.16. The Bertz CT molecular complexity index is 1410. The molecule has 8 nitrogen and oxygen atoms in total. The molecule has 4 aromatic rings. The van der Waals surface area contributed by atoms with Gasteiger partial charge in [0.05, 0.1) is 17.7 Å². The Kier molecular flexibility index (Phi) is 6.43. The molecule has 0 saturated carbocycles. The van der Waals surface area contributed by atoms with Crippen LogP contribution in [0.2, 0.25) is 5.02 Å². The normalized spacial score (nSPS) is 10.8. The summed E-state index contributed by atoms with van der Waals surface area (Å²) in [7, 11) is 0. The molecule has 0 aliphatic carbocycles. The van der Waals surface area contributed by atoms with E-state index in [1.165, 1.54) is 0 Å². The van der Waals surface area contributed by atoms with Crippen LogP contribution >= 0.6 is 22.9 Å². The number of rotatable bonds is 5. The van der Waals surface area contributed by atoms with E-state index in [9.17, 15) is 14.4 Å². The van der Waals surface area contributed by atoms with E-state index in [1.807, 2.05) is 25.1 Å². The molecule has 0 atom stereocenters. The highest BCUT2D eigenvalue weighted by atomic mass is 35.5. The lowest BCUT2D eigenvalue weighted by atomic mass is 10.2. The van der Waals surface area contributed by atoms with Gasteiger partial charge in [0.25, 0.3) is 5.56 Å². The lowest BCUT2D eigenvalue weighted by molar-refractivity contribution is 0.0520. The Labute approximate surface area is 197 Å². The third-order valence-electron chi connectivity index (χ3n) is 4.70. The van der Waals surface area contributed by atoms with Crippen molar-refractivity contribution in [1.82, 2.24) is 9.78 Å². The molecule has 4 rings (SSSR count). The van der Waals surface area contributed by atoms with Crippen molar-refractivity contribution in [3.05, 3.63) is 80.5 Å². The van der Waals surface area contributed by atoms with Crippen LogP contribution in [0.1, 0.15) is 23.0 Å². The Morgan fingerprint density at radius 3 is 2.61 bits per heavy atom. The standard InChI is InChI=1S/C23H19ClN4O4S/c1-3-32-22(30)19-17-12-33-20(26-23(31)25-15-6-4-5-13(2)11-15)18(17)21(29)28(27-19)16-9-7-14(24)8-10-16/h4-12H,3H2,1-2H3,(H2,25,26,31). The summed E-state index contributed by atoms with van der Waals surface area (Å²) in [4.78, 5) is 38.6. The monoisotopic (exact) mass is 482 g/mol. The minimum absolute atomic E-state index is 0.0233. The number of aromatic nitrogens is 2. The third kappa shape index (κ3) is 4.74. The molecule has 0 aliphatic rings. The molecule has 0 unspecified atom stereocenters. The largest absolute Gasteiger partial charge is 0.461 e. The summed E-state index contributed by atoms with van der Waals surface area (Å²) in [6, 6.07) is 13.3. The minimum Gasteiger partial charge on any atom is -0.461 e. The minimum atomic E-state index is -0.668. The van der Waals surface area contributed by atoms with Gasteiger partial charge >= 0.3 is 12.0 Å². The van der Waals surface area contributed by atoms with E-state index in [-0.39, 0.29) is 22.7 Å². The van der Waals surface area contributed by atoms with Gasteiger partial charge in [-0.05, 0) is 55.8 Å². The number of ether oxygens (including phenoxy) is 1. The number of halogens is 1. The number of nitrogens with one attached hydrogen (secondary N) is 2. The molecule has 10 heteroatoms. The predicted octanol–water partition coefficient (Wildman–Crippen LogP) is 5.23. The van der Waals surface area contributed by atoms with Crippen LogP contribution in [0.3, 0.4) is 0 Å². The lowest BCUT2D eigenvalue weighted by Crippen LogP contribution is -2.26. The van der Waals surface area contributed by atoms with Crippen molar-refractivity contribution in [3.63, 3.8) is 0 Å².